The summed E-state index contributed by atoms with van der Waals surface area (Å²) in [6.07, 6.45) is 3.01. The van der Waals surface area contributed by atoms with Crippen LogP contribution < -0.4 is 4.90 Å². The van der Waals surface area contributed by atoms with E-state index in [1.165, 1.54) is 29.1 Å². The lowest BCUT2D eigenvalue weighted by atomic mass is 10.1. The number of piperazine rings is 1. The molecule has 35 heavy (non-hydrogen) atoms. The van der Waals surface area contributed by atoms with E-state index in [0.717, 1.165) is 69.9 Å². The van der Waals surface area contributed by atoms with E-state index >= 15 is 0 Å². The van der Waals surface area contributed by atoms with Gasteiger partial charge in [-0.05, 0) is 63.1 Å². The maximum absolute atomic E-state index is 13.7. The third-order valence-electron chi connectivity index (χ3n) is 7.35. The maximum Gasteiger partial charge on any atom is 0.137 e. The molecule has 1 aliphatic heterocycles. The Hall–Kier alpha value is -2.70. The second kappa shape index (κ2) is 11.8. The summed E-state index contributed by atoms with van der Waals surface area (Å²) >= 11 is 0. The minimum Gasteiger partial charge on any atom is -0.354 e. The lowest BCUT2D eigenvalue weighted by molar-refractivity contribution is 0.197. The van der Waals surface area contributed by atoms with Crippen LogP contribution in [-0.4, -0.2) is 65.4 Å². The quantitative estimate of drug-likeness (QED) is 0.403. The average molecular weight is 478 g/mol. The first kappa shape index (κ1) is 25.4. The number of rotatable bonds is 10. The van der Waals surface area contributed by atoms with E-state index in [-0.39, 0.29) is 5.82 Å². The van der Waals surface area contributed by atoms with Gasteiger partial charge in [0, 0.05) is 50.9 Å². The van der Waals surface area contributed by atoms with Crippen molar-refractivity contribution in [2.75, 3.05) is 44.7 Å². The molecule has 0 bridgehead atoms. The summed E-state index contributed by atoms with van der Waals surface area (Å²) in [6.45, 7) is 12.6. The van der Waals surface area contributed by atoms with Gasteiger partial charge in [-0.3, -0.25) is 4.90 Å². The molecule has 0 aliphatic carbocycles. The van der Waals surface area contributed by atoms with Gasteiger partial charge >= 0.3 is 0 Å². The topological polar surface area (TPSA) is 27.5 Å². The van der Waals surface area contributed by atoms with Gasteiger partial charge < -0.3 is 9.80 Å². The highest BCUT2D eigenvalue weighted by molar-refractivity contribution is 5.56. The van der Waals surface area contributed by atoms with Crippen LogP contribution in [-0.2, 0) is 19.4 Å². The molecule has 1 saturated heterocycles. The van der Waals surface area contributed by atoms with Crippen LogP contribution in [0.1, 0.15) is 44.0 Å². The molecule has 0 saturated carbocycles. The second-order valence-electron chi connectivity index (χ2n) is 9.74. The number of halogens is 1. The average Bonchev–Trinajstić information content (AvgIpc) is 3.25. The van der Waals surface area contributed by atoms with Crippen molar-refractivity contribution in [1.82, 2.24) is 19.6 Å². The van der Waals surface area contributed by atoms with Crippen LogP contribution >= 0.6 is 0 Å². The van der Waals surface area contributed by atoms with E-state index in [0.29, 0.717) is 6.04 Å². The van der Waals surface area contributed by atoms with Gasteiger partial charge in [-0.1, -0.05) is 44.2 Å². The molecule has 5 nitrogen and oxygen atoms in total. The number of anilines is 1. The fourth-order valence-electron chi connectivity index (χ4n) is 4.87. The van der Waals surface area contributed by atoms with Gasteiger partial charge in [-0.25, -0.2) is 9.07 Å². The number of aromatic nitrogens is 2. The molecule has 3 aromatic rings. The Balaban J connectivity index is 1.71. The zero-order chi connectivity index (χ0) is 24.8. The van der Waals surface area contributed by atoms with Crippen molar-refractivity contribution in [2.45, 2.75) is 52.6 Å². The van der Waals surface area contributed by atoms with Gasteiger partial charge in [0.1, 0.15) is 11.6 Å². The molecule has 1 aromatic heterocycles. The molecule has 2 heterocycles. The first-order valence-corrected chi connectivity index (χ1v) is 13.1. The molecule has 2 aromatic carbocycles. The Morgan fingerprint density at radius 1 is 0.971 bits per heavy atom. The first-order valence-electron chi connectivity index (χ1n) is 13.1. The first-order chi connectivity index (χ1) is 17.0. The Labute approximate surface area is 210 Å². The van der Waals surface area contributed by atoms with E-state index in [9.17, 15) is 4.39 Å². The van der Waals surface area contributed by atoms with Crippen LogP contribution in [0.15, 0.2) is 54.6 Å². The SMILES string of the molecule is CCc1nn(-c2ccc(F)cc2)c(N2CCN(C)CC2)c1CN(CCc1ccccc1)C(C)CC. The van der Waals surface area contributed by atoms with E-state index in [1.807, 2.05) is 12.1 Å². The van der Waals surface area contributed by atoms with Gasteiger partial charge in [0.25, 0.3) is 0 Å². The number of hydrogen-bond donors (Lipinski definition) is 0. The number of likely N-dealkylation sites (N-methyl/N-ethyl adjacent to an activating group) is 1. The molecule has 0 spiro atoms. The Morgan fingerprint density at radius 3 is 2.29 bits per heavy atom. The van der Waals surface area contributed by atoms with Crippen LogP contribution in [0.5, 0.6) is 0 Å². The van der Waals surface area contributed by atoms with Crippen molar-refractivity contribution in [3.05, 3.63) is 77.2 Å². The van der Waals surface area contributed by atoms with Crippen molar-refractivity contribution < 1.29 is 4.39 Å². The Kier molecular flexibility index (Phi) is 8.58. The predicted molar refractivity (Wildman–Crippen MR) is 143 cm³/mol. The van der Waals surface area contributed by atoms with Crippen LogP contribution in [0.4, 0.5) is 10.2 Å². The molecule has 0 radical (unpaired) electrons. The monoisotopic (exact) mass is 477 g/mol. The number of nitrogens with zero attached hydrogens (tertiary/aromatic N) is 5. The standard InChI is InChI=1S/C29H40FN5/c1-5-23(3)34(17-16-24-10-8-7-9-11-24)22-27-28(6-2)31-35(26-14-12-25(30)13-15-26)29(27)33-20-18-32(4)19-21-33/h7-15,23H,5-6,16-22H2,1-4H3. The van der Waals surface area contributed by atoms with Gasteiger partial charge in [0.2, 0.25) is 0 Å². The van der Waals surface area contributed by atoms with E-state index < -0.39 is 0 Å². The molecular formula is C29H40FN5. The maximum atomic E-state index is 13.7. The van der Waals surface area contributed by atoms with Gasteiger partial charge in [-0.15, -0.1) is 0 Å². The van der Waals surface area contributed by atoms with Crippen LogP contribution in [0.2, 0.25) is 0 Å². The molecule has 0 amide bonds. The lowest BCUT2D eigenvalue weighted by Gasteiger charge is -2.36. The molecule has 0 N–H and O–H groups in total. The van der Waals surface area contributed by atoms with E-state index in [1.54, 1.807) is 0 Å². The molecule has 4 rings (SSSR count). The number of aryl methyl sites for hydroxylation is 1. The summed E-state index contributed by atoms with van der Waals surface area (Å²) in [5.74, 6) is 0.955. The molecule has 6 heteroatoms. The fourth-order valence-corrected chi connectivity index (χ4v) is 4.87. The minimum atomic E-state index is -0.221. The fraction of sp³-hybridized carbons (Fsp3) is 0.483. The van der Waals surface area contributed by atoms with Crippen molar-refractivity contribution in [1.29, 1.82) is 0 Å². The minimum absolute atomic E-state index is 0.221. The zero-order valence-corrected chi connectivity index (χ0v) is 21.8. The highest BCUT2D eigenvalue weighted by Gasteiger charge is 2.27. The zero-order valence-electron chi connectivity index (χ0n) is 21.8. The van der Waals surface area contributed by atoms with Crippen LogP contribution in [0.25, 0.3) is 5.69 Å². The smallest absolute Gasteiger partial charge is 0.137 e. The lowest BCUT2D eigenvalue weighted by Crippen LogP contribution is -2.45. The van der Waals surface area contributed by atoms with Crippen LogP contribution in [0, 0.1) is 5.82 Å². The van der Waals surface area contributed by atoms with Crippen molar-refractivity contribution in [3.63, 3.8) is 0 Å². The molecule has 188 valence electrons. The summed E-state index contributed by atoms with van der Waals surface area (Å²) in [4.78, 5) is 7.47. The molecule has 1 fully saturated rings. The molecule has 1 aliphatic rings. The highest BCUT2D eigenvalue weighted by Crippen LogP contribution is 2.31. The summed E-state index contributed by atoms with van der Waals surface area (Å²) in [5.41, 5.74) is 4.74. The summed E-state index contributed by atoms with van der Waals surface area (Å²) in [5, 5.41) is 5.09. The van der Waals surface area contributed by atoms with Crippen molar-refractivity contribution in [3.8, 4) is 5.69 Å². The van der Waals surface area contributed by atoms with E-state index in [4.69, 9.17) is 5.10 Å². The largest absolute Gasteiger partial charge is 0.354 e. The third-order valence-corrected chi connectivity index (χ3v) is 7.35. The van der Waals surface area contributed by atoms with Gasteiger partial charge in [-0.2, -0.15) is 5.10 Å². The third kappa shape index (κ3) is 6.11. The summed E-state index contributed by atoms with van der Waals surface area (Å²) in [6, 6.07) is 18.0. The summed E-state index contributed by atoms with van der Waals surface area (Å²) in [7, 11) is 2.18. The molecule has 1 unspecified atom stereocenters. The van der Waals surface area contributed by atoms with E-state index in [2.05, 4.69) is 77.5 Å². The van der Waals surface area contributed by atoms with Crippen molar-refractivity contribution >= 4 is 5.82 Å². The second-order valence-corrected chi connectivity index (χ2v) is 9.74. The number of hydrogen-bond acceptors (Lipinski definition) is 4. The van der Waals surface area contributed by atoms with Crippen LogP contribution in [0.3, 0.4) is 0 Å². The molecule has 1 atom stereocenters. The van der Waals surface area contributed by atoms with Gasteiger partial charge in [0.05, 0.1) is 11.4 Å². The molecular weight excluding hydrogens is 437 g/mol. The van der Waals surface area contributed by atoms with Crippen molar-refractivity contribution in [2.24, 2.45) is 0 Å². The highest BCUT2D eigenvalue weighted by atomic mass is 19.1. The predicted octanol–water partition coefficient (Wildman–Crippen LogP) is 5.17. The number of benzene rings is 2. The normalized spacial score (nSPS) is 15.7. The summed E-state index contributed by atoms with van der Waals surface area (Å²) < 4.78 is 15.8. The van der Waals surface area contributed by atoms with Gasteiger partial charge in [0.15, 0.2) is 0 Å². The Morgan fingerprint density at radius 2 is 1.66 bits per heavy atom. The Bertz CT molecular complexity index is 1050.